The van der Waals surface area contributed by atoms with Crippen molar-refractivity contribution in [3.05, 3.63) is 53.9 Å². The fourth-order valence-electron chi connectivity index (χ4n) is 3.10. The van der Waals surface area contributed by atoms with Crippen LogP contribution in [0.5, 0.6) is 0 Å². The largest absolute Gasteiger partial charge is 0.322 e. The zero-order valence-electron chi connectivity index (χ0n) is 12.1. The standard InChI is InChI=1S/C16H16N6/c17-7-14-12(9-21-6-2-1-3-15(14)21)8-18-13-4-5-16-19-11-20-22(16)10-13/h1-3,6,9,11,13,18H,4-5,8,10H2/t13-/m0/s1. The minimum Gasteiger partial charge on any atom is -0.322 e. The average molecular weight is 292 g/mol. The monoisotopic (exact) mass is 292 g/mol. The zero-order chi connectivity index (χ0) is 14.9. The van der Waals surface area contributed by atoms with Crippen molar-refractivity contribution in [3.63, 3.8) is 0 Å². The molecule has 6 nitrogen and oxygen atoms in total. The van der Waals surface area contributed by atoms with E-state index in [1.807, 2.05) is 39.7 Å². The molecule has 1 N–H and O–H groups in total. The number of rotatable bonds is 3. The van der Waals surface area contributed by atoms with Gasteiger partial charge in [0, 0.05) is 37.0 Å². The Morgan fingerprint density at radius 2 is 2.36 bits per heavy atom. The first-order valence-electron chi connectivity index (χ1n) is 7.44. The highest BCUT2D eigenvalue weighted by molar-refractivity contribution is 5.65. The Kier molecular flexibility index (Phi) is 3.13. The average Bonchev–Trinajstić information content (AvgIpc) is 3.15. The van der Waals surface area contributed by atoms with Crippen LogP contribution in [0.3, 0.4) is 0 Å². The van der Waals surface area contributed by atoms with E-state index in [0.717, 1.165) is 41.9 Å². The number of nitrogens with zero attached hydrogens (tertiary/aromatic N) is 5. The second-order valence-electron chi connectivity index (χ2n) is 5.61. The summed E-state index contributed by atoms with van der Waals surface area (Å²) in [5.41, 5.74) is 2.76. The molecule has 22 heavy (non-hydrogen) atoms. The topological polar surface area (TPSA) is 70.9 Å². The summed E-state index contributed by atoms with van der Waals surface area (Å²) in [5.74, 6) is 1.06. The van der Waals surface area contributed by atoms with E-state index in [1.54, 1.807) is 6.33 Å². The van der Waals surface area contributed by atoms with Crippen LogP contribution in [-0.2, 0) is 19.5 Å². The quantitative estimate of drug-likeness (QED) is 0.794. The highest BCUT2D eigenvalue weighted by Gasteiger charge is 2.20. The third-order valence-corrected chi connectivity index (χ3v) is 4.26. The fraction of sp³-hybridized carbons (Fsp3) is 0.312. The van der Waals surface area contributed by atoms with E-state index in [2.05, 4.69) is 21.5 Å². The van der Waals surface area contributed by atoms with Gasteiger partial charge in [0.2, 0.25) is 0 Å². The van der Waals surface area contributed by atoms with E-state index in [-0.39, 0.29) is 0 Å². The van der Waals surface area contributed by atoms with Crippen molar-refractivity contribution in [1.29, 1.82) is 5.26 Å². The Labute approximate surface area is 128 Å². The lowest BCUT2D eigenvalue weighted by molar-refractivity contribution is 0.358. The van der Waals surface area contributed by atoms with Gasteiger partial charge < -0.3 is 9.72 Å². The molecule has 0 saturated carbocycles. The van der Waals surface area contributed by atoms with Crippen molar-refractivity contribution in [2.45, 2.75) is 32.0 Å². The molecule has 3 aromatic heterocycles. The van der Waals surface area contributed by atoms with E-state index in [9.17, 15) is 5.26 Å². The smallest absolute Gasteiger partial charge is 0.138 e. The Morgan fingerprint density at radius 3 is 3.27 bits per heavy atom. The van der Waals surface area contributed by atoms with Crippen LogP contribution in [0, 0.1) is 11.3 Å². The van der Waals surface area contributed by atoms with Gasteiger partial charge in [-0.2, -0.15) is 10.4 Å². The molecule has 4 rings (SSSR count). The molecule has 0 aliphatic carbocycles. The minimum absolute atomic E-state index is 0.365. The highest BCUT2D eigenvalue weighted by atomic mass is 15.3. The molecule has 0 aromatic carbocycles. The summed E-state index contributed by atoms with van der Waals surface area (Å²) in [6, 6.07) is 8.60. The summed E-state index contributed by atoms with van der Waals surface area (Å²) in [4.78, 5) is 4.24. The van der Waals surface area contributed by atoms with Crippen molar-refractivity contribution >= 4 is 5.52 Å². The van der Waals surface area contributed by atoms with Gasteiger partial charge in [0.15, 0.2) is 0 Å². The van der Waals surface area contributed by atoms with Crippen LogP contribution in [0.25, 0.3) is 5.52 Å². The van der Waals surface area contributed by atoms with E-state index in [0.29, 0.717) is 12.6 Å². The van der Waals surface area contributed by atoms with Crippen molar-refractivity contribution in [1.82, 2.24) is 24.5 Å². The second-order valence-corrected chi connectivity index (χ2v) is 5.61. The number of nitrogens with one attached hydrogen (secondary N) is 1. The molecule has 0 saturated heterocycles. The number of pyridine rings is 1. The molecule has 6 heteroatoms. The normalized spacial score (nSPS) is 17.3. The van der Waals surface area contributed by atoms with Crippen LogP contribution in [-0.4, -0.2) is 25.2 Å². The molecule has 0 bridgehead atoms. The van der Waals surface area contributed by atoms with Crippen molar-refractivity contribution in [2.24, 2.45) is 0 Å². The number of aromatic nitrogens is 4. The summed E-state index contributed by atoms with van der Waals surface area (Å²) in [7, 11) is 0. The van der Waals surface area contributed by atoms with Crippen LogP contribution in [0.15, 0.2) is 36.9 Å². The molecule has 1 atom stereocenters. The third kappa shape index (κ3) is 2.16. The van der Waals surface area contributed by atoms with Gasteiger partial charge in [-0.15, -0.1) is 0 Å². The molecule has 0 unspecified atom stereocenters. The predicted molar refractivity (Wildman–Crippen MR) is 81.1 cm³/mol. The molecule has 4 heterocycles. The Balaban J connectivity index is 1.52. The number of fused-ring (bicyclic) bond motifs is 2. The summed E-state index contributed by atoms with van der Waals surface area (Å²) in [6.07, 6.45) is 7.62. The Bertz CT molecular complexity index is 853. The lowest BCUT2D eigenvalue weighted by Gasteiger charge is -2.23. The van der Waals surface area contributed by atoms with E-state index < -0.39 is 0 Å². The molecule has 110 valence electrons. The third-order valence-electron chi connectivity index (χ3n) is 4.26. The van der Waals surface area contributed by atoms with E-state index in [1.165, 1.54) is 0 Å². The van der Waals surface area contributed by atoms with Crippen molar-refractivity contribution in [2.75, 3.05) is 0 Å². The van der Waals surface area contributed by atoms with Gasteiger partial charge in [0.1, 0.15) is 18.2 Å². The van der Waals surface area contributed by atoms with Gasteiger partial charge >= 0.3 is 0 Å². The van der Waals surface area contributed by atoms with E-state index >= 15 is 0 Å². The van der Waals surface area contributed by atoms with Gasteiger partial charge in [-0.25, -0.2) is 9.67 Å². The molecule has 0 radical (unpaired) electrons. The summed E-state index contributed by atoms with van der Waals surface area (Å²) < 4.78 is 3.97. The first-order chi connectivity index (χ1) is 10.8. The van der Waals surface area contributed by atoms with Crippen LogP contribution in [0.4, 0.5) is 0 Å². The number of hydrogen-bond donors (Lipinski definition) is 1. The molecular weight excluding hydrogens is 276 g/mol. The van der Waals surface area contributed by atoms with E-state index in [4.69, 9.17) is 0 Å². The maximum Gasteiger partial charge on any atom is 0.138 e. The summed E-state index contributed by atoms with van der Waals surface area (Å²) in [6.45, 7) is 1.53. The lowest BCUT2D eigenvalue weighted by atomic mass is 10.1. The molecule has 0 amide bonds. The highest BCUT2D eigenvalue weighted by Crippen LogP contribution is 2.18. The molecule has 3 aromatic rings. The minimum atomic E-state index is 0.365. The fourth-order valence-corrected chi connectivity index (χ4v) is 3.10. The molecule has 1 aliphatic heterocycles. The van der Waals surface area contributed by atoms with Gasteiger partial charge in [-0.3, -0.25) is 0 Å². The second kappa shape index (κ2) is 5.28. The SMILES string of the molecule is N#Cc1c(CN[C@H]2CCc3ncnn3C2)cn2ccccc12. The molecule has 0 spiro atoms. The van der Waals surface area contributed by atoms with Crippen LogP contribution in [0.2, 0.25) is 0 Å². The van der Waals surface area contributed by atoms with Crippen molar-refractivity contribution < 1.29 is 0 Å². The zero-order valence-corrected chi connectivity index (χ0v) is 12.1. The number of hydrogen-bond acceptors (Lipinski definition) is 4. The lowest BCUT2D eigenvalue weighted by Crippen LogP contribution is -2.37. The van der Waals surface area contributed by atoms with Gasteiger partial charge in [-0.05, 0) is 18.6 Å². The first-order valence-corrected chi connectivity index (χ1v) is 7.44. The van der Waals surface area contributed by atoms with Gasteiger partial charge in [0.05, 0.1) is 17.6 Å². The van der Waals surface area contributed by atoms with Gasteiger partial charge in [-0.1, -0.05) is 6.07 Å². The Hall–Kier alpha value is -2.65. The van der Waals surface area contributed by atoms with Crippen LogP contribution >= 0.6 is 0 Å². The number of aryl methyl sites for hydroxylation is 1. The maximum atomic E-state index is 9.43. The van der Waals surface area contributed by atoms with Gasteiger partial charge in [0.25, 0.3) is 0 Å². The molecule has 0 fully saturated rings. The molecular formula is C16H16N6. The maximum absolute atomic E-state index is 9.43. The first kappa shape index (κ1) is 13.0. The molecule has 1 aliphatic rings. The summed E-state index contributed by atoms with van der Waals surface area (Å²) in [5, 5.41) is 17.2. The Morgan fingerprint density at radius 1 is 1.41 bits per heavy atom. The van der Waals surface area contributed by atoms with Crippen molar-refractivity contribution in [3.8, 4) is 6.07 Å². The van der Waals surface area contributed by atoms with Crippen LogP contribution in [0.1, 0.15) is 23.4 Å². The number of nitriles is 1. The summed E-state index contributed by atoms with van der Waals surface area (Å²) >= 11 is 0. The van der Waals surface area contributed by atoms with Crippen LogP contribution < -0.4 is 5.32 Å². The predicted octanol–water partition coefficient (Wildman–Crippen LogP) is 1.51.